The van der Waals surface area contributed by atoms with Crippen molar-refractivity contribution in [1.29, 1.82) is 0 Å². The smallest absolute Gasteiger partial charge is 0.326 e. The first kappa shape index (κ1) is 28.5. The van der Waals surface area contributed by atoms with E-state index in [2.05, 4.69) is 25.9 Å². The van der Waals surface area contributed by atoms with Gasteiger partial charge in [0.15, 0.2) is 5.96 Å². The molecule has 1 aromatic heterocycles. The van der Waals surface area contributed by atoms with Gasteiger partial charge in [0.1, 0.15) is 17.8 Å². The molecule has 0 aliphatic carbocycles. The number of carbonyl (C=O) groups excluding carboxylic acids is 3. The van der Waals surface area contributed by atoms with E-state index in [1.165, 1.54) is 5.38 Å². The summed E-state index contributed by atoms with van der Waals surface area (Å²) in [6, 6.07) is -2.82. The predicted octanol–water partition coefficient (Wildman–Crippen LogP) is -1.62. The van der Waals surface area contributed by atoms with Crippen molar-refractivity contribution in [2.45, 2.75) is 32.4 Å². The standard InChI is InChI=1S/C16H23N7O7S.ClH/c1-6(2)11(14(29)30)22-13(28)7(3-10(25)26)20-9(24)4-19-12(27)8-5-31-16(21-8)23-15(17)18;/h5-7,11H,3-4H2,1-2H3,(H,19,27)(H,20,24)(H,22,28)(H,25,26)(H,29,30)(H4,17,18,21,23);1H. The maximum absolute atomic E-state index is 12.3. The lowest BCUT2D eigenvalue weighted by Gasteiger charge is -2.22. The molecular weight excluding hydrogens is 470 g/mol. The minimum absolute atomic E-state index is 0. The van der Waals surface area contributed by atoms with Crippen LogP contribution in [-0.2, 0) is 19.2 Å². The number of rotatable bonds is 11. The van der Waals surface area contributed by atoms with Crippen molar-refractivity contribution in [3.8, 4) is 0 Å². The Bertz CT molecular complexity index is 886. The lowest BCUT2D eigenvalue weighted by atomic mass is 10.0. The van der Waals surface area contributed by atoms with Crippen LogP contribution in [0.1, 0.15) is 30.8 Å². The van der Waals surface area contributed by atoms with E-state index in [-0.39, 0.29) is 29.2 Å². The maximum atomic E-state index is 12.3. The van der Waals surface area contributed by atoms with Gasteiger partial charge in [-0.1, -0.05) is 13.8 Å². The number of carboxylic acids is 2. The maximum Gasteiger partial charge on any atom is 0.326 e. The number of nitrogens with one attached hydrogen (secondary N) is 3. The first-order chi connectivity index (χ1) is 14.4. The van der Waals surface area contributed by atoms with E-state index in [1.54, 1.807) is 13.8 Å². The normalized spacial score (nSPS) is 12.0. The highest BCUT2D eigenvalue weighted by Crippen LogP contribution is 2.18. The van der Waals surface area contributed by atoms with Crippen LogP contribution in [0.3, 0.4) is 0 Å². The third kappa shape index (κ3) is 9.57. The SMILES string of the molecule is CC(C)C(NC(=O)C(CC(=O)O)NC(=O)CNC(=O)c1csc(N=C(N)N)n1)C(=O)O.Cl. The molecule has 0 spiro atoms. The number of carbonyl (C=O) groups is 5. The Kier molecular flexibility index (Phi) is 11.6. The molecule has 32 heavy (non-hydrogen) atoms. The number of hydrogen-bond donors (Lipinski definition) is 7. The molecule has 14 nitrogen and oxygen atoms in total. The number of aliphatic carboxylic acids is 2. The Morgan fingerprint density at radius 2 is 1.78 bits per heavy atom. The van der Waals surface area contributed by atoms with Crippen LogP contribution >= 0.6 is 23.7 Å². The van der Waals surface area contributed by atoms with Gasteiger partial charge in [-0.15, -0.1) is 23.7 Å². The zero-order valence-corrected chi connectivity index (χ0v) is 18.7. The molecule has 9 N–H and O–H groups in total. The highest BCUT2D eigenvalue weighted by molar-refractivity contribution is 7.13. The highest BCUT2D eigenvalue weighted by Gasteiger charge is 2.30. The number of nitrogens with zero attached hydrogens (tertiary/aromatic N) is 2. The predicted molar refractivity (Wildman–Crippen MR) is 116 cm³/mol. The van der Waals surface area contributed by atoms with Crippen molar-refractivity contribution in [2.75, 3.05) is 6.54 Å². The summed E-state index contributed by atoms with van der Waals surface area (Å²) in [5.41, 5.74) is 10.4. The second-order valence-corrected chi connectivity index (χ2v) is 7.36. The number of nitrogens with two attached hydrogens (primary N) is 2. The molecule has 0 saturated heterocycles. The first-order valence-electron chi connectivity index (χ1n) is 8.78. The lowest BCUT2D eigenvalue weighted by Crippen LogP contribution is -2.54. The van der Waals surface area contributed by atoms with Crippen LogP contribution in [0.5, 0.6) is 0 Å². The second-order valence-electron chi connectivity index (χ2n) is 6.52. The Labute approximate surface area is 192 Å². The van der Waals surface area contributed by atoms with Gasteiger partial charge in [-0.25, -0.2) is 9.78 Å². The van der Waals surface area contributed by atoms with Crippen molar-refractivity contribution < 1.29 is 34.2 Å². The number of aromatic nitrogens is 1. The molecule has 0 aliphatic rings. The van der Waals surface area contributed by atoms with Crippen molar-refractivity contribution in [1.82, 2.24) is 20.9 Å². The topological polar surface area (TPSA) is 239 Å². The van der Waals surface area contributed by atoms with E-state index in [0.717, 1.165) is 11.3 Å². The fourth-order valence-electron chi connectivity index (χ4n) is 2.18. The molecule has 0 aromatic carbocycles. The van der Waals surface area contributed by atoms with Crippen LogP contribution in [0.4, 0.5) is 5.13 Å². The number of guanidine groups is 1. The Hall–Kier alpha value is -3.46. The third-order valence-electron chi connectivity index (χ3n) is 3.62. The van der Waals surface area contributed by atoms with E-state index in [4.69, 9.17) is 21.7 Å². The van der Waals surface area contributed by atoms with Crippen LogP contribution in [0, 0.1) is 5.92 Å². The quantitative estimate of drug-likeness (QED) is 0.137. The second kappa shape index (κ2) is 13.1. The molecule has 1 rings (SSSR count). The van der Waals surface area contributed by atoms with Gasteiger partial charge < -0.3 is 37.6 Å². The van der Waals surface area contributed by atoms with Gasteiger partial charge in [0.05, 0.1) is 13.0 Å². The van der Waals surface area contributed by atoms with Gasteiger partial charge in [0.25, 0.3) is 5.91 Å². The molecule has 0 fully saturated rings. The number of thiazole rings is 1. The third-order valence-corrected chi connectivity index (χ3v) is 4.35. The van der Waals surface area contributed by atoms with Gasteiger partial charge in [0.2, 0.25) is 16.9 Å². The van der Waals surface area contributed by atoms with E-state index in [0.29, 0.717) is 0 Å². The molecule has 1 heterocycles. The van der Waals surface area contributed by atoms with Gasteiger partial charge in [-0.3, -0.25) is 19.2 Å². The van der Waals surface area contributed by atoms with E-state index >= 15 is 0 Å². The average Bonchev–Trinajstić information content (AvgIpc) is 3.10. The van der Waals surface area contributed by atoms with Gasteiger partial charge >= 0.3 is 11.9 Å². The first-order valence-corrected chi connectivity index (χ1v) is 9.66. The molecule has 178 valence electrons. The molecule has 2 atom stereocenters. The van der Waals surface area contributed by atoms with E-state index in [9.17, 15) is 24.0 Å². The largest absolute Gasteiger partial charge is 0.481 e. The lowest BCUT2D eigenvalue weighted by molar-refractivity contribution is -0.144. The van der Waals surface area contributed by atoms with Crippen molar-refractivity contribution in [3.63, 3.8) is 0 Å². The summed E-state index contributed by atoms with van der Waals surface area (Å²) >= 11 is 0.986. The molecule has 0 radical (unpaired) electrons. The molecule has 0 aliphatic heterocycles. The number of amides is 3. The summed E-state index contributed by atoms with van der Waals surface area (Å²) in [6.45, 7) is 2.51. The number of halogens is 1. The van der Waals surface area contributed by atoms with Crippen LogP contribution in [-0.4, -0.2) is 69.4 Å². The molecule has 0 saturated carbocycles. The summed E-state index contributed by atoms with van der Waals surface area (Å²) in [6.07, 6.45) is -0.788. The monoisotopic (exact) mass is 493 g/mol. The van der Waals surface area contributed by atoms with Crippen LogP contribution in [0.2, 0.25) is 0 Å². The minimum Gasteiger partial charge on any atom is -0.481 e. The summed E-state index contributed by atoms with van der Waals surface area (Å²) in [5, 5.41) is 26.2. The Morgan fingerprint density at radius 1 is 1.16 bits per heavy atom. The average molecular weight is 494 g/mol. The van der Waals surface area contributed by atoms with Crippen molar-refractivity contribution in [3.05, 3.63) is 11.1 Å². The summed E-state index contributed by atoms with van der Waals surface area (Å²) in [4.78, 5) is 66.2. The number of aliphatic imine (C=N–C) groups is 1. The van der Waals surface area contributed by atoms with Crippen LogP contribution in [0.15, 0.2) is 10.4 Å². The Morgan fingerprint density at radius 3 is 2.28 bits per heavy atom. The summed E-state index contributed by atoms with van der Waals surface area (Å²) in [5.74, 6) is -6.01. The highest BCUT2D eigenvalue weighted by atomic mass is 35.5. The van der Waals surface area contributed by atoms with Gasteiger partial charge in [0, 0.05) is 5.38 Å². The molecule has 16 heteroatoms. The van der Waals surface area contributed by atoms with Crippen LogP contribution < -0.4 is 27.4 Å². The molecule has 3 amide bonds. The molecule has 0 bridgehead atoms. The van der Waals surface area contributed by atoms with Crippen molar-refractivity contribution in [2.24, 2.45) is 22.4 Å². The van der Waals surface area contributed by atoms with E-state index < -0.39 is 60.6 Å². The molecule has 2 unspecified atom stereocenters. The summed E-state index contributed by atoms with van der Waals surface area (Å²) in [7, 11) is 0. The number of carboxylic acid groups (broad SMARTS) is 2. The van der Waals surface area contributed by atoms with Crippen LogP contribution in [0.25, 0.3) is 0 Å². The fraction of sp³-hybridized carbons (Fsp3) is 0.438. The Balaban J connectivity index is 0.00000961. The van der Waals surface area contributed by atoms with Gasteiger partial charge in [-0.05, 0) is 5.92 Å². The molecule has 1 aromatic rings. The fourth-order valence-corrected chi connectivity index (χ4v) is 2.86. The van der Waals surface area contributed by atoms with Crippen molar-refractivity contribution >= 4 is 64.5 Å². The molecular formula is C16H24ClN7O7S. The van der Waals surface area contributed by atoms with E-state index in [1.807, 2.05) is 0 Å². The zero-order chi connectivity index (χ0) is 23.7. The zero-order valence-electron chi connectivity index (χ0n) is 17.0. The van der Waals surface area contributed by atoms with Gasteiger partial charge in [-0.2, -0.15) is 4.99 Å². The minimum atomic E-state index is -1.55. The number of hydrogen-bond acceptors (Lipinski definition) is 8. The summed E-state index contributed by atoms with van der Waals surface area (Å²) < 4.78 is 0.